The van der Waals surface area contributed by atoms with Crippen LogP contribution in [0.2, 0.25) is 0 Å². The van der Waals surface area contributed by atoms with Gasteiger partial charge >= 0.3 is 0 Å². The van der Waals surface area contributed by atoms with Crippen molar-refractivity contribution >= 4 is 28.6 Å². The molecule has 3 aromatic heterocycles. The lowest BCUT2D eigenvalue weighted by Gasteiger charge is -2.16. The van der Waals surface area contributed by atoms with Gasteiger partial charge in [-0.1, -0.05) is 0 Å². The Hall–Kier alpha value is -1.99. The third-order valence-electron chi connectivity index (χ3n) is 3.56. The summed E-state index contributed by atoms with van der Waals surface area (Å²) in [6.45, 7) is 2.71. The summed E-state index contributed by atoms with van der Waals surface area (Å²) in [6, 6.07) is 4.01. The van der Waals surface area contributed by atoms with Gasteiger partial charge in [0.2, 0.25) is 17.7 Å². The molecule has 3 aromatic rings. The molecule has 0 radical (unpaired) electrons. The van der Waals surface area contributed by atoms with E-state index in [1.165, 1.54) is 10.4 Å². The second-order valence-corrected chi connectivity index (χ2v) is 7.07. The van der Waals surface area contributed by atoms with Gasteiger partial charge in [-0.25, -0.2) is 0 Å². The van der Waals surface area contributed by atoms with Crippen LogP contribution in [0.1, 0.15) is 22.8 Å². The van der Waals surface area contributed by atoms with Gasteiger partial charge in [-0.05, 0) is 35.4 Å². The molecule has 7 heteroatoms. The zero-order chi connectivity index (χ0) is 16.2. The monoisotopic (exact) mass is 347 g/mol. The van der Waals surface area contributed by atoms with Crippen LogP contribution in [0.15, 0.2) is 32.7 Å². The van der Waals surface area contributed by atoms with Crippen molar-refractivity contribution < 1.29 is 9.21 Å². The van der Waals surface area contributed by atoms with Crippen LogP contribution in [0, 0.1) is 6.92 Å². The molecule has 0 aliphatic rings. The van der Waals surface area contributed by atoms with E-state index in [1.807, 2.05) is 29.3 Å². The fraction of sp³-hybridized carbons (Fsp3) is 0.312. The minimum absolute atomic E-state index is 0.0769. The molecule has 0 atom stereocenters. The highest BCUT2D eigenvalue weighted by Crippen LogP contribution is 2.21. The van der Waals surface area contributed by atoms with Gasteiger partial charge in [-0.2, -0.15) is 11.3 Å². The molecule has 0 aliphatic heterocycles. The molecule has 0 N–H and O–H groups in total. The van der Waals surface area contributed by atoms with Gasteiger partial charge in [0, 0.05) is 35.7 Å². The fourth-order valence-electron chi connectivity index (χ4n) is 2.13. The lowest BCUT2D eigenvalue weighted by Crippen LogP contribution is -2.26. The summed E-state index contributed by atoms with van der Waals surface area (Å²) >= 11 is 3.26. The van der Waals surface area contributed by atoms with Crippen molar-refractivity contribution in [3.05, 3.63) is 44.6 Å². The van der Waals surface area contributed by atoms with Crippen molar-refractivity contribution in [2.24, 2.45) is 0 Å². The summed E-state index contributed by atoms with van der Waals surface area (Å²) in [5, 5.41) is 14.0. The van der Waals surface area contributed by atoms with Crippen LogP contribution in [0.5, 0.6) is 0 Å². The summed E-state index contributed by atoms with van der Waals surface area (Å²) in [6.07, 6.45) is 0.829. The van der Waals surface area contributed by atoms with E-state index in [0.717, 1.165) is 5.56 Å². The molecule has 0 fully saturated rings. The maximum atomic E-state index is 12.2. The summed E-state index contributed by atoms with van der Waals surface area (Å²) in [5.74, 6) is 1.09. The van der Waals surface area contributed by atoms with Crippen LogP contribution < -0.4 is 0 Å². The number of amides is 1. The maximum absolute atomic E-state index is 12.2. The molecular formula is C16H17N3O2S2. The number of aromatic nitrogens is 2. The van der Waals surface area contributed by atoms with Crippen molar-refractivity contribution in [2.75, 3.05) is 7.05 Å². The van der Waals surface area contributed by atoms with Gasteiger partial charge in [0.05, 0.1) is 6.54 Å². The zero-order valence-corrected chi connectivity index (χ0v) is 14.6. The van der Waals surface area contributed by atoms with Crippen molar-refractivity contribution in [1.29, 1.82) is 0 Å². The van der Waals surface area contributed by atoms with Crippen LogP contribution in [-0.4, -0.2) is 28.1 Å². The van der Waals surface area contributed by atoms with Gasteiger partial charge in [0.25, 0.3) is 0 Å². The molecular weight excluding hydrogens is 330 g/mol. The molecule has 0 bridgehead atoms. The molecule has 23 heavy (non-hydrogen) atoms. The number of carbonyl (C=O) groups is 1. The summed E-state index contributed by atoms with van der Waals surface area (Å²) < 4.78 is 5.60. The highest BCUT2D eigenvalue weighted by atomic mass is 32.1. The number of hydrogen-bond acceptors (Lipinski definition) is 6. The first-order valence-corrected chi connectivity index (χ1v) is 9.07. The van der Waals surface area contributed by atoms with Gasteiger partial charge in [0.1, 0.15) is 0 Å². The van der Waals surface area contributed by atoms with Gasteiger partial charge in [0.15, 0.2) is 0 Å². The largest absolute Gasteiger partial charge is 0.421 e. The standard InChI is InChI=1S/C16H17N3O2S2/c1-11-5-8-23-13(11)9-19(2)15(20)4-3-14-17-18-16(21-14)12-6-7-22-10-12/h5-8,10H,3-4,9H2,1-2H3. The van der Waals surface area contributed by atoms with Crippen LogP contribution in [0.3, 0.4) is 0 Å². The van der Waals surface area contributed by atoms with Crippen molar-refractivity contribution in [2.45, 2.75) is 26.3 Å². The van der Waals surface area contributed by atoms with Crippen LogP contribution in [0.4, 0.5) is 0 Å². The minimum atomic E-state index is 0.0769. The Morgan fingerprint density at radius 2 is 2.17 bits per heavy atom. The summed E-state index contributed by atoms with van der Waals surface area (Å²) in [5.41, 5.74) is 2.15. The van der Waals surface area contributed by atoms with Crippen LogP contribution in [0.25, 0.3) is 11.5 Å². The second-order valence-electron chi connectivity index (χ2n) is 5.29. The van der Waals surface area contributed by atoms with Crippen molar-refractivity contribution in [3.8, 4) is 11.5 Å². The predicted octanol–water partition coefficient (Wildman–Crippen LogP) is 3.76. The Morgan fingerprint density at radius 3 is 2.87 bits per heavy atom. The Morgan fingerprint density at radius 1 is 1.30 bits per heavy atom. The molecule has 0 saturated carbocycles. The number of thiophene rings is 2. The highest BCUT2D eigenvalue weighted by Gasteiger charge is 2.14. The minimum Gasteiger partial charge on any atom is -0.421 e. The smallest absolute Gasteiger partial charge is 0.248 e. The summed E-state index contributed by atoms with van der Waals surface area (Å²) in [4.78, 5) is 15.2. The maximum Gasteiger partial charge on any atom is 0.248 e. The van der Waals surface area contributed by atoms with Crippen LogP contribution in [-0.2, 0) is 17.8 Å². The topological polar surface area (TPSA) is 59.2 Å². The van der Waals surface area contributed by atoms with E-state index < -0.39 is 0 Å². The molecule has 0 saturated heterocycles. The average molecular weight is 347 g/mol. The molecule has 0 aromatic carbocycles. The van der Waals surface area contributed by atoms with E-state index in [-0.39, 0.29) is 5.91 Å². The van der Waals surface area contributed by atoms with E-state index >= 15 is 0 Å². The molecule has 0 aliphatic carbocycles. The van der Waals surface area contributed by atoms with E-state index in [2.05, 4.69) is 23.2 Å². The quantitative estimate of drug-likeness (QED) is 0.681. The van der Waals surface area contributed by atoms with E-state index in [9.17, 15) is 4.79 Å². The number of carbonyl (C=O) groups excluding carboxylic acids is 1. The molecule has 3 rings (SSSR count). The fourth-order valence-corrected chi connectivity index (χ4v) is 3.72. The third-order valence-corrected chi connectivity index (χ3v) is 5.25. The van der Waals surface area contributed by atoms with E-state index in [0.29, 0.717) is 31.2 Å². The summed E-state index contributed by atoms with van der Waals surface area (Å²) in [7, 11) is 1.83. The number of hydrogen-bond donors (Lipinski definition) is 0. The zero-order valence-electron chi connectivity index (χ0n) is 13.0. The number of rotatable bonds is 6. The first kappa shape index (κ1) is 15.9. The first-order valence-electron chi connectivity index (χ1n) is 7.25. The highest BCUT2D eigenvalue weighted by molar-refractivity contribution is 7.10. The van der Waals surface area contributed by atoms with Gasteiger partial charge < -0.3 is 9.32 Å². The Labute approximate surface area is 142 Å². The SMILES string of the molecule is Cc1ccsc1CN(C)C(=O)CCc1nnc(-c2ccsc2)o1. The normalized spacial score (nSPS) is 10.9. The predicted molar refractivity (Wildman–Crippen MR) is 91.5 cm³/mol. The van der Waals surface area contributed by atoms with Crippen molar-refractivity contribution in [1.82, 2.24) is 15.1 Å². The molecule has 0 unspecified atom stereocenters. The molecule has 0 spiro atoms. The van der Waals surface area contributed by atoms with Crippen LogP contribution >= 0.6 is 22.7 Å². The Bertz CT molecular complexity index is 777. The van der Waals surface area contributed by atoms with E-state index in [4.69, 9.17) is 4.42 Å². The molecule has 3 heterocycles. The van der Waals surface area contributed by atoms with Gasteiger partial charge in [-0.15, -0.1) is 21.5 Å². The average Bonchev–Trinajstić information content (AvgIpc) is 3.26. The first-order chi connectivity index (χ1) is 11.1. The lowest BCUT2D eigenvalue weighted by molar-refractivity contribution is -0.130. The Kier molecular flexibility index (Phi) is 4.88. The lowest BCUT2D eigenvalue weighted by atomic mass is 10.2. The third kappa shape index (κ3) is 3.86. The molecule has 120 valence electrons. The Balaban J connectivity index is 1.53. The molecule has 5 nitrogen and oxygen atoms in total. The van der Waals surface area contributed by atoms with E-state index in [1.54, 1.807) is 27.6 Å². The molecule has 1 amide bonds. The second kappa shape index (κ2) is 7.06. The van der Waals surface area contributed by atoms with Crippen molar-refractivity contribution in [3.63, 3.8) is 0 Å². The number of aryl methyl sites for hydroxylation is 2. The van der Waals surface area contributed by atoms with Gasteiger partial charge in [-0.3, -0.25) is 4.79 Å². The number of nitrogens with zero attached hydrogens (tertiary/aromatic N) is 3.